The summed E-state index contributed by atoms with van der Waals surface area (Å²) in [6.45, 7) is 2.24. The predicted molar refractivity (Wildman–Crippen MR) is 85.2 cm³/mol. The number of para-hydroxylation sites is 1. The van der Waals surface area contributed by atoms with E-state index in [0.717, 1.165) is 33.0 Å². The maximum atomic E-state index is 12.7. The second-order valence-electron chi connectivity index (χ2n) is 5.52. The van der Waals surface area contributed by atoms with Crippen molar-refractivity contribution < 1.29 is 18.0 Å². The maximum absolute atomic E-state index is 12.7. The summed E-state index contributed by atoms with van der Waals surface area (Å²) >= 11 is 0. The Kier molecular flexibility index (Phi) is 4.33. The number of rotatable bonds is 5. The summed E-state index contributed by atoms with van der Waals surface area (Å²) in [7, 11) is 1.39. The topological polar surface area (TPSA) is 60.1 Å². The number of benzene rings is 1. The van der Waals surface area contributed by atoms with E-state index in [2.05, 4.69) is 10.4 Å². The number of carbonyl (C=O) groups excluding carboxylic acids is 1. The molecule has 1 N–H and O–H groups in total. The van der Waals surface area contributed by atoms with Crippen molar-refractivity contribution in [2.75, 3.05) is 6.54 Å². The Morgan fingerprint density at radius 2 is 2.12 bits per heavy atom. The number of nitrogens with one attached hydrogen (secondary N) is 1. The van der Waals surface area contributed by atoms with Crippen LogP contribution in [-0.4, -0.2) is 22.2 Å². The van der Waals surface area contributed by atoms with E-state index in [1.165, 1.54) is 7.05 Å². The molecule has 1 amide bonds. The van der Waals surface area contributed by atoms with Crippen LogP contribution in [0.5, 0.6) is 0 Å². The molecular weight excluding hydrogens is 316 g/mol. The van der Waals surface area contributed by atoms with Crippen LogP contribution in [0.1, 0.15) is 33.9 Å². The molecule has 0 spiro atoms. The largest absolute Gasteiger partial charge is 0.461 e. The molecule has 3 rings (SSSR count). The van der Waals surface area contributed by atoms with Crippen LogP contribution in [0, 0.1) is 6.92 Å². The molecular formula is C17H17F2N3O2. The van der Waals surface area contributed by atoms with Gasteiger partial charge in [-0.15, -0.1) is 0 Å². The van der Waals surface area contributed by atoms with Gasteiger partial charge in [-0.3, -0.25) is 9.48 Å². The van der Waals surface area contributed by atoms with E-state index in [1.807, 2.05) is 31.2 Å². The number of hydrogen-bond donors (Lipinski definition) is 1. The average Bonchev–Trinajstić information content (AvgIpc) is 3.08. The molecule has 2 aromatic heterocycles. The summed E-state index contributed by atoms with van der Waals surface area (Å²) in [5, 5.41) is 7.54. The van der Waals surface area contributed by atoms with E-state index in [1.54, 1.807) is 0 Å². The van der Waals surface area contributed by atoms with Gasteiger partial charge >= 0.3 is 0 Å². The molecule has 0 radical (unpaired) electrons. The zero-order valence-electron chi connectivity index (χ0n) is 13.3. The Bertz CT molecular complexity index is 883. The smallest absolute Gasteiger partial charge is 0.280 e. The van der Waals surface area contributed by atoms with Gasteiger partial charge in [0.05, 0.1) is 0 Å². The number of alkyl halides is 2. The van der Waals surface area contributed by atoms with Crippen LogP contribution < -0.4 is 5.32 Å². The van der Waals surface area contributed by atoms with E-state index in [-0.39, 0.29) is 11.4 Å². The Morgan fingerprint density at radius 3 is 2.83 bits per heavy atom. The maximum Gasteiger partial charge on any atom is 0.280 e. The van der Waals surface area contributed by atoms with Gasteiger partial charge in [-0.25, -0.2) is 8.78 Å². The highest BCUT2D eigenvalue weighted by Crippen LogP contribution is 2.25. The quantitative estimate of drug-likeness (QED) is 0.778. The first-order chi connectivity index (χ1) is 11.5. The minimum Gasteiger partial charge on any atom is -0.461 e. The summed E-state index contributed by atoms with van der Waals surface area (Å²) in [5.74, 6) is 0.339. The van der Waals surface area contributed by atoms with Crippen molar-refractivity contribution in [3.63, 3.8) is 0 Å². The van der Waals surface area contributed by atoms with Gasteiger partial charge < -0.3 is 9.73 Å². The third kappa shape index (κ3) is 3.02. The molecule has 0 saturated carbocycles. The Labute approximate surface area is 137 Å². The number of nitrogens with zero attached hydrogens (tertiary/aromatic N) is 2. The Hall–Kier alpha value is -2.70. The number of furan rings is 1. The lowest BCUT2D eigenvalue weighted by Gasteiger charge is -2.03. The lowest BCUT2D eigenvalue weighted by Crippen LogP contribution is -2.26. The van der Waals surface area contributed by atoms with E-state index < -0.39 is 12.3 Å². The van der Waals surface area contributed by atoms with Gasteiger partial charge in [0, 0.05) is 24.5 Å². The van der Waals surface area contributed by atoms with Gasteiger partial charge in [-0.1, -0.05) is 18.2 Å². The molecule has 1 aromatic carbocycles. The van der Waals surface area contributed by atoms with Crippen molar-refractivity contribution in [3.05, 3.63) is 53.0 Å². The zero-order valence-corrected chi connectivity index (χ0v) is 13.3. The van der Waals surface area contributed by atoms with E-state index in [9.17, 15) is 13.6 Å². The fourth-order valence-corrected chi connectivity index (χ4v) is 2.72. The monoisotopic (exact) mass is 333 g/mol. The number of fused-ring (bicyclic) bond motifs is 1. The molecule has 0 aliphatic heterocycles. The van der Waals surface area contributed by atoms with Crippen LogP contribution in [-0.2, 0) is 13.5 Å². The molecule has 126 valence electrons. The molecule has 0 aliphatic rings. The first kappa shape index (κ1) is 16.2. The molecule has 0 atom stereocenters. The number of amides is 1. The fourth-order valence-electron chi connectivity index (χ4n) is 2.72. The molecule has 0 fully saturated rings. The summed E-state index contributed by atoms with van der Waals surface area (Å²) in [6, 6.07) is 8.80. The molecule has 5 nitrogen and oxygen atoms in total. The second-order valence-corrected chi connectivity index (χ2v) is 5.52. The van der Waals surface area contributed by atoms with Crippen LogP contribution >= 0.6 is 0 Å². The Morgan fingerprint density at radius 1 is 1.38 bits per heavy atom. The first-order valence-electron chi connectivity index (χ1n) is 7.54. The average molecular weight is 333 g/mol. The van der Waals surface area contributed by atoms with Crippen LogP contribution in [0.15, 0.2) is 34.7 Å². The SMILES string of the molecule is Cc1oc2ccccc2c1CCNC(=O)c1cc(C(F)F)n(C)n1. The third-order valence-corrected chi connectivity index (χ3v) is 3.93. The third-order valence-electron chi connectivity index (χ3n) is 3.93. The number of aryl methyl sites for hydroxylation is 2. The molecule has 0 saturated heterocycles. The lowest BCUT2D eigenvalue weighted by molar-refractivity contribution is 0.0948. The number of hydrogen-bond acceptors (Lipinski definition) is 3. The van der Waals surface area contributed by atoms with Gasteiger partial charge in [-0.05, 0) is 25.5 Å². The highest BCUT2D eigenvalue weighted by Gasteiger charge is 2.18. The highest BCUT2D eigenvalue weighted by molar-refractivity contribution is 5.92. The number of halogens is 2. The minimum atomic E-state index is -2.66. The Balaban J connectivity index is 1.66. The van der Waals surface area contributed by atoms with Crippen molar-refractivity contribution in [2.45, 2.75) is 19.8 Å². The highest BCUT2D eigenvalue weighted by atomic mass is 19.3. The fraction of sp³-hybridized carbons (Fsp3) is 0.294. The second kappa shape index (κ2) is 6.43. The summed E-state index contributed by atoms with van der Waals surface area (Å²) < 4.78 is 32.2. The van der Waals surface area contributed by atoms with E-state index in [0.29, 0.717) is 13.0 Å². The van der Waals surface area contributed by atoms with Crippen molar-refractivity contribution in [1.29, 1.82) is 0 Å². The summed E-state index contributed by atoms with van der Waals surface area (Å²) in [4.78, 5) is 12.1. The standard InChI is InChI=1S/C17H17F2N3O2/c1-10-11(12-5-3-4-6-15(12)24-10)7-8-20-17(23)13-9-14(16(18)19)22(2)21-13/h3-6,9,16H,7-8H2,1-2H3,(H,20,23). The molecule has 3 aromatic rings. The molecule has 2 heterocycles. The van der Waals surface area contributed by atoms with Gasteiger partial charge in [0.25, 0.3) is 12.3 Å². The first-order valence-corrected chi connectivity index (χ1v) is 7.54. The van der Waals surface area contributed by atoms with Crippen LogP contribution in [0.4, 0.5) is 8.78 Å². The van der Waals surface area contributed by atoms with Crippen molar-refractivity contribution >= 4 is 16.9 Å². The van der Waals surface area contributed by atoms with E-state index in [4.69, 9.17) is 4.42 Å². The number of carbonyl (C=O) groups is 1. The van der Waals surface area contributed by atoms with Crippen molar-refractivity contribution in [1.82, 2.24) is 15.1 Å². The van der Waals surface area contributed by atoms with Gasteiger partial charge in [-0.2, -0.15) is 5.10 Å². The molecule has 0 bridgehead atoms. The van der Waals surface area contributed by atoms with Crippen molar-refractivity contribution in [2.24, 2.45) is 7.05 Å². The van der Waals surface area contributed by atoms with E-state index >= 15 is 0 Å². The van der Waals surface area contributed by atoms with Crippen LogP contribution in [0.2, 0.25) is 0 Å². The normalized spacial score (nSPS) is 11.4. The molecule has 0 aliphatic carbocycles. The van der Waals surface area contributed by atoms with Crippen molar-refractivity contribution in [3.8, 4) is 0 Å². The van der Waals surface area contributed by atoms with Gasteiger partial charge in [0.15, 0.2) is 5.69 Å². The molecule has 24 heavy (non-hydrogen) atoms. The molecule has 0 unspecified atom stereocenters. The zero-order chi connectivity index (χ0) is 17.3. The molecule has 7 heteroatoms. The minimum absolute atomic E-state index is 0.0124. The van der Waals surface area contributed by atoms with Crippen LogP contribution in [0.3, 0.4) is 0 Å². The summed E-state index contributed by atoms with van der Waals surface area (Å²) in [6.07, 6.45) is -2.08. The lowest BCUT2D eigenvalue weighted by atomic mass is 10.1. The summed E-state index contributed by atoms with van der Waals surface area (Å²) in [5.41, 5.74) is 1.54. The van der Waals surface area contributed by atoms with Gasteiger partial charge in [0.1, 0.15) is 17.0 Å². The predicted octanol–water partition coefficient (Wildman–Crippen LogP) is 3.38. The van der Waals surface area contributed by atoms with Crippen LogP contribution in [0.25, 0.3) is 11.0 Å². The van der Waals surface area contributed by atoms with Gasteiger partial charge in [0.2, 0.25) is 0 Å². The number of aromatic nitrogens is 2.